The van der Waals surface area contributed by atoms with E-state index in [2.05, 4.69) is 15.9 Å². The number of methoxy groups -OCH3 is 1. The Morgan fingerprint density at radius 1 is 1.07 bits per heavy atom. The number of nitrogens with zero attached hydrogens (tertiary/aromatic N) is 1. The Kier molecular flexibility index (Phi) is 6.88. The van der Waals surface area contributed by atoms with Crippen molar-refractivity contribution in [1.82, 2.24) is 0 Å². The maximum absolute atomic E-state index is 14.0. The van der Waals surface area contributed by atoms with Crippen LogP contribution < -0.4 is 9.64 Å². The number of carboxylic acid groups (broad SMARTS) is 1. The first-order chi connectivity index (χ1) is 19.9. The number of ether oxygens (including phenoxy) is 1. The molecular formula is C30H21BrINO9. The zero-order valence-corrected chi connectivity index (χ0v) is 25.5. The van der Waals surface area contributed by atoms with Gasteiger partial charge >= 0.3 is 5.97 Å². The van der Waals surface area contributed by atoms with Crippen molar-refractivity contribution >= 4 is 73.6 Å². The number of benzene rings is 2. The number of carbonyl (C=O) groups is 5. The van der Waals surface area contributed by atoms with Gasteiger partial charge in [-0.2, -0.15) is 0 Å². The molecule has 2 aromatic carbocycles. The Labute approximate surface area is 260 Å². The van der Waals surface area contributed by atoms with Gasteiger partial charge in [0.2, 0.25) is 11.8 Å². The third kappa shape index (κ3) is 4.14. The first-order valence-electron chi connectivity index (χ1n) is 12.8. The van der Waals surface area contributed by atoms with E-state index in [4.69, 9.17) is 4.74 Å². The average molecular weight is 746 g/mol. The average Bonchev–Trinajstić information content (AvgIpc) is 3.21. The lowest BCUT2D eigenvalue weighted by molar-refractivity contribution is -0.123. The van der Waals surface area contributed by atoms with Crippen molar-refractivity contribution < 1.29 is 44.0 Å². The van der Waals surface area contributed by atoms with Gasteiger partial charge in [0.25, 0.3) is 0 Å². The number of rotatable bonds is 4. The number of hydrogen-bond acceptors (Lipinski definition) is 8. The van der Waals surface area contributed by atoms with Crippen LogP contribution in [0.3, 0.4) is 0 Å². The van der Waals surface area contributed by atoms with Crippen LogP contribution in [-0.4, -0.2) is 51.8 Å². The number of anilines is 1. The SMILES string of the molecule is COc1cc(C2C3=CCC4C(=O)N(c5ccc(C(=O)O)c(O)c5)C(=O)C4C3CC3=C2C(=O)C=C(Br)C3=O)cc(I)c1O. The topological polar surface area (TPSA) is 159 Å². The number of Topliss-reactive ketones (excluding diaryl/α,β-unsaturated/α-hetero) is 1. The van der Waals surface area contributed by atoms with Crippen molar-refractivity contribution in [3.8, 4) is 17.2 Å². The molecule has 0 bridgehead atoms. The molecule has 4 atom stereocenters. The van der Waals surface area contributed by atoms with Crippen molar-refractivity contribution in [2.45, 2.75) is 18.8 Å². The van der Waals surface area contributed by atoms with E-state index in [1.807, 2.05) is 28.7 Å². The third-order valence-corrected chi connectivity index (χ3v) is 9.82. The zero-order chi connectivity index (χ0) is 30.2. The highest BCUT2D eigenvalue weighted by Gasteiger charge is 2.56. The largest absolute Gasteiger partial charge is 0.507 e. The quantitative estimate of drug-likeness (QED) is 0.179. The van der Waals surface area contributed by atoms with E-state index < -0.39 is 47.2 Å². The fourth-order valence-electron chi connectivity index (χ4n) is 6.60. The molecule has 0 aromatic heterocycles. The summed E-state index contributed by atoms with van der Waals surface area (Å²) in [5.74, 6) is -6.53. The molecule has 6 rings (SSSR count). The molecule has 10 nitrogen and oxygen atoms in total. The highest BCUT2D eigenvalue weighted by molar-refractivity contribution is 14.1. The molecule has 2 aromatic rings. The van der Waals surface area contributed by atoms with Crippen molar-refractivity contribution in [3.63, 3.8) is 0 Å². The second-order valence-electron chi connectivity index (χ2n) is 10.5. The van der Waals surface area contributed by atoms with Gasteiger partial charge in [0.05, 0.1) is 32.7 Å². The normalized spacial score (nSPS) is 25.1. The molecule has 12 heteroatoms. The number of carboxylic acids is 1. The van der Waals surface area contributed by atoms with E-state index in [9.17, 15) is 39.3 Å². The van der Waals surface area contributed by atoms with E-state index in [0.29, 0.717) is 9.13 Å². The van der Waals surface area contributed by atoms with E-state index >= 15 is 0 Å². The minimum atomic E-state index is -1.36. The number of amides is 2. The lowest BCUT2D eigenvalue weighted by Gasteiger charge is -2.42. The molecule has 0 spiro atoms. The van der Waals surface area contributed by atoms with Crippen molar-refractivity contribution in [2.75, 3.05) is 12.0 Å². The number of imide groups is 1. The molecular weight excluding hydrogens is 725 g/mol. The van der Waals surface area contributed by atoms with Gasteiger partial charge in [-0.1, -0.05) is 11.6 Å². The minimum Gasteiger partial charge on any atom is -0.507 e. The van der Waals surface area contributed by atoms with Gasteiger partial charge in [-0.05, 0) is 87.1 Å². The molecule has 1 heterocycles. The van der Waals surface area contributed by atoms with Gasteiger partial charge in [0.15, 0.2) is 23.1 Å². The van der Waals surface area contributed by atoms with Gasteiger partial charge in [-0.3, -0.25) is 19.2 Å². The monoisotopic (exact) mass is 745 g/mol. The summed E-state index contributed by atoms with van der Waals surface area (Å²) in [5.41, 5.74) is 1.53. The summed E-state index contributed by atoms with van der Waals surface area (Å²) >= 11 is 5.15. The highest BCUT2D eigenvalue weighted by Crippen LogP contribution is 2.56. The molecule has 0 radical (unpaired) electrons. The number of ketones is 2. The van der Waals surface area contributed by atoms with Crippen LogP contribution in [-0.2, 0) is 19.2 Å². The number of carbonyl (C=O) groups excluding carboxylic acids is 4. The molecule has 4 unspecified atom stereocenters. The summed E-state index contributed by atoms with van der Waals surface area (Å²) in [6.45, 7) is 0. The molecule has 3 N–H and O–H groups in total. The first kappa shape index (κ1) is 28.3. The van der Waals surface area contributed by atoms with Gasteiger partial charge in [-0.15, -0.1) is 0 Å². The standard InChI is InChI=1S/C30H21BrINO9/c1-42-22-7-11(6-19(32)27(22)37)23-13-4-5-15-24(16(13)9-17-25(23)21(35)10-18(31)26(17)36)29(39)33(28(15)38)12-2-3-14(30(40)41)20(34)8-12/h2-4,6-8,10,15-16,23-24,34,37H,5,9H2,1H3,(H,40,41). The van der Waals surface area contributed by atoms with E-state index in [1.165, 1.54) is 19.3 Å². The number of aromatic carboxylic acids is 1. The van der Waals surface area contributed by atoms with E-state index in [1.54, 1.807) is 12.1 Å². The van der Waals surface area contributed by atoms with Crippen molar-refractivity contribution in [2.24, 2.45) is 17.8 Å². The lowest BCUT2D eigenvalue weighted by Crippen LogP contribution is -2.39. The number of halogens is 2. The molecule has 4 aliphatic rings. The van der Waals surface area contributed by atoms with Gasteiger partial charge in [0, 0.05) is 29.2 Å². The molecule has 1 aliphatic heterocycles. The maximum Gasteiger partial charge on any atom is 0.339 e. The summed E-state index contributed by atoms with van der Waals surface area (Å²) < 4.78 is 5.94. The number of hydrogen-bond donors (Lipinski definition) is 3. The Morgan fingerprint density at radius 2 is 1.81 bits per heavy atom. The molecule has 42 heavy (non-hydrogen) atoms. The van der Waals surface area contributed by atoms with Crippen LogP contribution in [0.1, 0.15) is 34.7 Å². The van der Waals surface area contributed by atoms with Gasteiger partial charge < -0.3 is 20.1 Å². The maximum atomic E-state index is 14.0. The Bertz CT molecular complexity index is 1760. The molecule has 3 aliphatic carbocycles. The van der Waals surface area contributed by atoms with E-state index in [0.717, 1.165) is 22.6 Å². The highest BCUT2D eigenvalue weighted by atomic mass is 127. The van der Waals surface area contributed by atoms with Gasteiger partial charge in [0.1, 0.15) is 11.3 Å². The van der Waals surface area contributed by atoms with Gasteiger partial charge in [-0.25, -0.2) is 9.69 Å². The smallest absolute Gasteiger partial charge is 0.339 e. The van der Waals surface area contributed by atoms with Crippen LogP contribution in [0.4, 0.5) is 5.69 Å². The van der Waals surface area contributed by atoms with Crippen LogP contribution >= 0.6 is 38.5 Å². The number of phenolic OH excluding ortho intramolecular Hbond substituents is 1. The number of fused-ring (bicyclic) bond motifs is 3. The zero-order valence-electron chi connectivity index (χ0n) is 21.8. The van der Waals surface area contributed by atoms with Crippen LogP contribution in [0.15, 0.2) is 63.7 Å². The lowest BCUT2D eigenvalue weighted by atomic mass is 9.59. The summed E-state index contributed by atoms with van der Waals surface area (Å²) in [4.78, 5) is 66.7. The van der Waals surface area contributed by atoms with Crippen LogP contribution in [0.2, 0.25) is 0 Å². The molecule has 0 saturated carbocycles. The summed E-state index contributed by atoms with van der Waals surface area (Å²) in [6.07, 6.45) is 3.36. The van der Waals surface area contributed by atoms with Crippen molar-refractivity contribution in [3.05, 3.63) is 78.4 Å². The van der Waals surface area contributed by atoms with E-state index in [-0.39, 0.29) is 62.8 Å². The van der Waals surface area contributed by atoms with Crippen LogP contribution in [0.25, 0.3) is 0 Å². The molecule has 214 valence electrons. The summed E-state index contributed by atoms with van der Waals surface area (Å²) in [5, 5.41) is 30.0. The second-order valence-corrected chi connectivity index (χ2v) is 12.5. The summed E-state index contributed by atoms with van der Waals surface area (Å²) in [6, 6.07) is 6.81. The van der Waals surface area contributed by atoms with Crippen molar-refractivity contribution in [1.29, 1.82) is 0 Å². The predicted molar refractivity (Wildman–Crippen MR) is 160 cm³/mol. The second kappa shape index (κ2) is 10.2. The number of aromatic hydroxyl groups is 2. The Morgan fingerprint density at radius 3 is 2.48 bits per heavy atom. The first-order valence-corrected chi connectivity index (χ1v) is 14.7. The fourth-order valence-corrected chi connectivity index (χ4v) is 7.67. The molecule has 1 fully saturated rings. The molecule has 1 saturated heterocycles. The predicted octanol–water partition coefficient (Wildman–Crippen LogP) is 4.38. The third-order valence-electron chi connectivity index (χ3n) is 8.41. The van der Waals surface area contributed by atoms with Crippen LogP contribution in [0.5, 0.6) is 17.2 Å². The molecule has 2 amide bonds. The van der Waals surface area contributed by atoms with Crippen LogP contribution in [0, 0.1) is 21.3 Å². The number of phenols is 2. The Balaban J connectivity index is 1.48. The summed E-state index contributed by atoms with van der Waals surface area (Å²) in [7, 11) is 1.40. The number of allylic oxidation sites excluding steroid dienone is 6. The minimum absolute atomic E-state index is 0.0446. The Hall–Kier alpha value is -3.78. The fraction of sp³-hybridized carbons (Fsp3) is 0.233.